The van der Waals surface area contributed by atoms with Crippen LogP contribution in [0.25, 0.3) is 11.3 Å². The fourth-order valence-electron chi connectivity index (χ4n) is 2.13. The monoisotopic (exact) mass is 322 g/mol. The molecule has 2 rings (SSSR count). The van der Waals surface area contributed by atoms with Crippen LogP contribution in [0.4, 0.5) is 0 Å². The van der Waals surface area contributed by atoms with E-state index in [1.807, 2.05) is 44.2 Å². The van der Waals surface area contributed by atoms with Gasteiger partial charge < -0.3 is 11.1 Å². The molecule has 4 N–H and O–H groups in total. The average Bonchev–Trinajstić information content (AvgIpc) is 3.03. The molecule has 1 amide bonds. The molecule has 1 aromatic heterocycles. The first-order valence-corrected chi connectivity index (χ1v) is 7.25. The summed E-state index contributed by atoms with van der Waals surface area (Å²) >= 11 is 0. The molecule has 0 saturated carbocycles. The van der Waals surface area contributed by atoms with Gasteiger partial charge in [0.15, 0.2) is 0 Å². The Morgan fingerprint density at radius 2 is 1.91 bits per heavy atom. The number of aromatic amines is 1. The molecule has 22 heavy (non-hydrogen) atoms. The minimum absolute atomic E-state index is 0. The summed E-state index contributed by atoms with van der Waals surface area (Å²) < 4.78 is 0. The first-order chi connectivity index (χ1) is 10.1. The number of benzene rings is 1. The lowest BCUT2D eigenvalue weighted by Gasteiger charge is -2.26. The van der Waals surface area contributed by atoms with Crippen molar-refractivity contribution >= 4 is 18.3 Å². The fraction of sp³-hybridized carbons (Fsp3) is 0.375. The number of nitrogens with two attached hydrogens (primary N) is 1. The molecule has 0 saturated heterocycles. The molecule has 0 atom stereocenters. The second-order valence-electron chi connectivity index (χ2n) is 5.28. The lowest BCUT2D eigenvalue weighted by molar-refractivity contribution is 0.0943. The van der Waals surface area contributed by atoms with Gasteiger partial charge in [-0.05, 0) is 12.8 Å². The normalized spacial score (nSPS) is 10.9. The summed E-state index contributed by atoms with van der Waals surface area (Å²) in [6.45, 7) is 4.52. The molecule has 0 bridgehead atoms. The zero-order valence-corrected chi connectivity index (χ0v) is 13.7. The highest BCUT2D eigenvalue weighted by Gasteiger charge is 2.22. The van der Waals surface area contributed by atoms with E-state index in [0.29, 0.717) is 12.1 Å². The largest absolute Gasteiger partial charge is 0.350 e. The maximum atomic E-state index is 12.4. The number of hydrogen-bond donors (Lipinski definition) is 3. The van der Waals surface area contributed by atoms with Gasteiger partial charge in [0, 0.05) is 17.6 Å². The molecular weight excluding hydrogens is 300 g/mol. The van der Waals surface area contributed by atoms with E-state index < -0.39 is 0 Å². The highest BCUT2D eigenvalue weighted by molar-refractivity contribution is 5.99. The van der Waals surface area contributed by atoms with Gasteiger partial charge in [-0.3, -0.25) is 9.89 Å². The summed E-state index contributed by atoms with van der Waals surface area (Å²) in [6, 6.07) is 9.67. The Balaban J connectivity index is 0.00000242. The van der Waals surface area contributed by atoms with Crippen LogP contribution >= 0.6 is 12.4 Å². The topological polar surface area (TPSA) is 83.8 Å². The third-order valence-electron chi connectivity index (χ3n) is 3.96. The van der Waals surface area contributed by atoms with Crippen molar-refractivity contribution in [3.63, 3.8) is 0 Å². The number of nitrogens with one attached hydrogen (secondary N) is 2. The van der Waals surface area contributed by atoms with Crippen LogP contribution in [-0.4, -0.2) is 28.2 Å². The number of amides is 1. The molecule has 0 aliphatic carbocycles. The van der Waals surface area contributed by atoms with Crippen LogP contribution in [0.1, 0.15) is 37.0 Å². The summed E-state index contributed by atoms with van der Waals surface area (Å²) in [4.78, 5) is 12.4. The maximum Gasteiger partial charge on any atom is 0.255 e. The Labute approximate surface area is 137 Å². The second-order valence-corrected chi connectivity index (χ2v) is 5.28. The van der Waals surface area contributed by atoms with E-state index in [1.54, 1.807) is 6.20 Å². The van der Waals surface area contributed by atoms with Gasteiger partial charge in [-0.25, -0.2) is 0 Å². The molecule has 1 aromatic carbocycles. The number of H-pyrrole nitrogens is 1. The van der Waals surface area contributed by atoms with Crippen molar-refractivity contribution in [2.24, 2.45) is 5.73 Å². The number of hydrogen-bond acceptors (Lipinski definition) is 3. The van der Waals surface area contributed by atoms with E-state index in [9.17, 15) is 4.79 Å². The van der Waals surface area contributed by atoms with Crippen LogP contribution in [0, 0.1) is 0 Å². The van der Waals surface area contributed by atoms with Crippen molar-refractivity contribution in [1.82, 2.24) is 15.5 Å². The number of aromatic nitrogens is 2. The number of carbonyl (C=O) groups is 1. The predicted molar refractivity (Wildman–Crippen MR) is 91.1 cm³/mol. The molecule has 0 aliphatic heterocycles. The van der Waals surface area contributed by atoms with Crippen molar-refractivity contribution in [3.05, 3.63) is 42.1 Å². The summed E-state index contributed by atoms with van der Waals surface area (Å²) in [6.07, 6.45) is 3.19. The first kappa shape index (κ1) is 18.2. The van der Waals surface area contributed by atoms with Gasteiger partial charge in [-0.1, -0.05) is 44.2 Å². The van der Waals surface area contributed by atoms with E-state index in [2.05, 4.69) is 15.5 Å². The third-order valence-corrected chi connectivity index (χ3v) is 3.96. The quantitative estimate of drug-likeness (QED) is 0.764. The average molecular weight is 323 g/mol. The Bertz CT molecular complexity index is 593. The minimum atomic E-state index is -0.355. The number of halogens is 1. The lowest BCUT2D eigenvalue weighted by Crippen LogP contribution is -2.49. The van der Waals surface area contributed by atoms with Crippen LogP contribution in [0.3, 0.4) is 0 Å². The van der Waals surface area contributed by atoms with Crippen molar-refractivity contribution in [3.8, 4) is 11.3 Å². The molecular formula is C16H23ClN4O. The van der Waals surface area contributed by atoms with Crippen LogP contribution in [0.5, 0.6) is 0 Å². The van der Waals surface area contributed by atoms with Gasteiger partial charge in [0.1, 0.15) is 0 Å². The standard InChI is InChI=1S/C16H22N4O.ClH/c1-3-16(17,4-2)11-18-15(21)13-10-19-20-14(13)12-8-6-5-7-9-12;/h5-10H,3-4,11,17H2,1-2H3,(H,18,21)(H,19,20);1H. The molecule has 0 aliphatic rings. The Morgan fingerprint density at radius 1 is 1.27 bits per heavy atom. The summed E-state index contributed by atoms with van der Waals surface area (Å²) in [5.74, 6) is -0.153. The second kappa shape index (κ2) is 7.96. The van der Waals surface area contributed by atoms with E-state index in [-0.39, 0.29) is 23.9 Å². The Kier molecular flexibility index (Phi) is 6.59. The highest BCUT2D eigenvalue weighted by Crippen LogP contribution is 2.20. The number of nitrogens with zero attached hydrogens (tertiary/aromatic N) is 1. The van der Waals surface area contributed by atoms with Gasteiger partial charge in [0.2, 0.25) is 0 Å². The SMILES string of the molecule is CCC(N)(CC)CNC(=O)c1cn[nH]c1-c1ccccc1.Cl. The van der Waals surface area contributed by atoms with Gasteiger partial charge >= 0.3 is 0 Å². The van der Waals surface area contributed by atoms with Crippen LogP contribution in [0.2, 0.25) is 0 Å². The highest BCUT2D eigenvalue weighted by atomic mass is 35.5. The molecule has 5 nitrogen and oxygen atoms in total. The smallest absolute Gasteiger partial charge is 0.255 e. The lowest BCUT2D eigenvalue weighted by atomic mass is 9.94. The molecule has 0 fully saturated rings. The van der Waals surface area contributed by atoms with E-state index in [1.165, 1.54) is 0 Å². The summed E-state index contributed by atoms with van der Waals surface area (Å²) in [5, 5.41) is 9.79. The van der Waals surface area contributed by atoms with Crippen LogP contribution in [0.15, 0.2) is 36.5 Å². The Hall–Kier alpha value is -1.85. The summed E-state index contributed by atoms with van der Waals surface area (Å²) in [5.41, 5.74) is 8.05. The minimum Gasteiger partial charge on any atom is -0.350 e. The molecule has 0 radical (unpaired) electrons. The molecule has 6 heteroatoms. The molecule has 0 unspecified atom stereocenters. The zero-order valence-electron chi connectivity index (χ0n) is 12.9. The molecule has 1 heterocycles. The zero-order chi connectivity index (χ0) is 15.3. The van der Waals surface area contributed by atoms with Crippen molar-refractivity contribution in [2.75, 3.05) is 6.54 Å². The van der Waals surface area contributed by atoms with E-state index in [0.717, 1.165) is 24.1 Å². The first-order valence-electron chi connectivity index (χ1n) is 7.25. The Morgan fingerprint density at radius 3 is 2.50 bits per heavy atom. The molecule has 2 aromatic rings. The summed E-state index contributed by atoms with van der Waals surface area (Å²) in [7, 11) is 0. The molecule has 120 valence electrons. The van der Waals surface area contributed by atoms with Crippen LogP contribution in [-0.2, 0) is 0 Å². The third kappa shape index (κ3) is 4.08. The van der Waals surface area contributed by atoms with Crippen LogP contribution < -0.4 is 11.1 Å². The van der Waals surface area contributed by atoms with Crippen molar-refractivity contribution in [2.45, 2.75) is 32.2 Å². The van der Waals surface area contributed by atoms with E-state index in [4.69, 9.17) is 5.73 Å². The van der Waals surface area contributed by atoms with Gasteiger partial charge in [-0.15, -0.1) is 12.4 Å². The molecule has 0 spiro atoms. The van der Waals surface area contributed by atoms with Gasteiger partial charge in [-0.2, -0.15) is 5.10 Å². The van der Waals surface area contributed by atoms with Gasteiger partial charge in [0.25, 0.3) is 5.91 Å². The van der Waals surface area contributed by atoms with Crippen molar-refractivity contribution in [1.29, 1.82) is 0 Å². The van der Waals surface area contributed by atoms with E-state index >= 15 is 0 Å². The number of rotatable bonds is 6. The predicted octanol–water partition coefficient (Wildman–Crippen LogP) is 2.75. The fourth-order valence-corrected chi connectivity index (χ4v) is 2.13. The maximum absolute atomic E-state index is 12.4. The van der Waals surface area contributed by atoms with Crippen molar-refractivity contribution < 1.29 is 4.79 Å². The van der Waals surface area contributed by atoms with Gasteiger partial charge in [0.05, 0.1) is 17.5 Å². The number of carbonyl (C=O) groups excluding carboxylic acids is 1.